The number of nitrogens with two attached hydrogens (primary N) is 1. The Morgan fingerprint density at radius 3 is 2.72 bits per heavy atom. The van der Waals surface area contributed by atoms with Crippen molar-refractivity contribution in [3.8, 4) is 0 Å². The summed E-state index contributed by atoms with van der Waals surface area (Å²) >= 11 is 0. The maximum Gasteiger partial charge on any atom is 0.212 e. The highest BCUT2D eigenvalue weighted by Crippen LogP contribution is 2.27. The summed E-state index contributed by atoms with van der Waals surface area (Å²) in [4.78, 5) is 4.40. The summed E-state index contributed by atoms with van der Waals surface area (Å²) < 4.78 is 5.60. The molecule has 0 spiro atoms. The van der Waals surface area contributed by atoms with Crippen LogP contribution in [0.25, 0.3) is 11.1 Å². The summed E-state index contributed by atoms with van der Waals surface area (Å²) in [5.74, 6) is 0.491. The van der Waals surface area contributed by atoms with Crippen molar-refractivity contribution in [2.24, 2.45) is 5.73 Å². The lowest BCUT2D eigenvalue weighted by Gasteiger charge is -2.18. The van der Waals surface area contributed by atoms with Crippen molar-refractivity contribution in [3.63, 3.8) is 0 Å². The standard InChI is InChI=1S/C14H20N2O2/c1-14(2,3)9-4-5-12-11(8-9)16-13(18-12)10(15)6-7-17/h4-5,8,10,17H,6-7,15H2,1-3H3. The van der Waals surface area contributed by atoms with Gasteiger partial charge in [-0.15, -0.1) is 0 Å². The monoisotopic (exact) mass is 248 g/mol. The number of aromatic nitrogens is 1. The van der Waals surface area contributed by atoms with E-state index in [2.05, 4.69) is 31.8 Å². The lowest BCUT2D eigenvalue weighted by atomic mass is 9.87. The van der Waals surface area contributed by atoms with Crippen LogP contribution in [0.4, 0.5) is 0 Å². The van der Waals surface area contributed by atoms with E-state index in [0.717, 1.165) is 11.1 Å². The minimum absolute atomic E-state index is 0.0349. The maximum atomic E-state index is 8.87. The van der Waals surface area contributed by atoms with Crippen LogP contribution >= 0.6 is 0 Å². The second-order valence-corrected chi connectivity index (χ2v) is 5.60. The Labute approximate surface area is 107 Å². The molecule has 0 saturated carbocycles. The van der Waals surface area contributed by atoms with Gasteiger partial charge in [0.1, 0.15) is 5.52 Å². The molecule has 0 saturated heterocycles. The Balaban J connectivity index is 2.40. The van der Waals surface area contributed by atoms with Gasteiger partial charge in [-0.3, -0.25) is 0 Å². The molecule has 98 valence electrons. The lowest BCUT2D eigenvalue weighted by molar-refractivity contribution is 0.268. The minimum atomic E-state index is -0.347. The van der Waals surface area contributed by atoms with E-state index in [1.807, 2.05) is 12.1 Å². The van der Waals surface area contributed by atoms with E-state index >= 15 is 0 Å². The van der Waals surface area contributed by atoms with Crippen molar-refractivity contribution in [2.45, 2.75) is 38.6 Å². The second kappa shape index (κ2) is 4.71. The zero-order valence-corrected chi connectivity index (χ0v) is 11.1. The molecule has 1 aromatic carbocycles. The van der Waals surface area contributed by atoms with Crippen molar-refractivity contribution >= 4 is 11.1 Å². The summed E-state index contributed by atoms with van der Waals surface area (Å²) in [6.45, 7) is 6.51. The number of benzene rings is 1. The molecule has 0 bridgehead atoms. The van der Waals surface area contributed by atoms with E-state index in [4.69, 9.17) is 15.3 Å². The third-order valence-electron chi connectivity index (χ3n) is 3.03. The Morgan fingerprint density at radius 2 is 2.11 bits per heavy atom. The zero-order chi connectivity index (χ0) is 13.3. The summed E-state index contributed by atoms with van der Waals surface area (Å²) in [6, 6.07) is 5.67. The van der Waals surface area contributed by atoms with Gasteiger partial charge in [0, 0.05) is 6.61 Å². The molecule has 2 aromatic rings. The summed E-state index contributed by atoms with van der Waals surface area (Å²) in [7, 11) is 0. The SMILES string of the molecule is CC(C)(C)c1ccc2oc(C(N)CCO)nc2c1. The highest BCUT2D eigenvalue weighted by molar-refractivity contribution is 5.73. The Morgan fingerprint density at radius 1 is 1.39 bits per heavy atom. The molecule has 1 unspecified atom stereocenters. The van der Waals surface area contributed by atoms with Crippen molar-refractivity contribution < 1.29 is 9.52 Å². The second-order valence-electron chi connectivity index (χ2n) is 5.60. The number of hydrogen-bond acceptors (Lipinski definition) is 4. The van der Waals surface area contributed by atoms with E-state index in [0.29, 0.717) is 12.3 Å². The largest absolute Gasteiger partial charge is 0.439 e. The molecule has 3 N–H and O–H groups in total. The van der Waals surface area contributed by atoms with Crippen LogP contribution in [-0.2, 0) is 5.41 Å². The van der Waals surface area contributed by atoms with Gasteiger partial charge in [0.25, 0.3) is 0 Å². The fraction of sp³-hybridized carbons (Fsp3) is 0.500. The van der Waals surface area contributed by atoms with Crippen molar-refractivity contribution in [3.05, 3.63) is 29.7 Å². The first-order chi connectivity index (χ1) is 8.41. The van der Waals surface area contributed by atoms with Gasteiger partial charge in [-0.05, 0) is 29.5 Å². The average molecular weight is 248 g/mol. The molecule has 0 aliphatic carbocycles. The Hall–Kier alpha value is -1.39. The highest BCUT2D eigenvalue weighted by Gasteiger charge is 2.17. The van der Waals surface area contributed by atoms with Gasteiger partial charge in [-0.1, -0.05) is 26.8 Å². The van der Waals surface area contributed by atoms with Gasteiger partial charge >= 0.3 is 0 Å². The fourth-order valence-electron chi connectivity index (χ4n) is 1.83. The maximum absolute atomic E-state index is 8.87. The van der Waals surface area contributed by atoms with Crippen LogP contribution in [0.2, 0.25) is 0 Å². The van der Waals surface area contributed by atoms with Crippen LogP contribution in [-0.4, -0.2) is 16.7 Å². The quantitative estimate of drug-likeness (QED) is 0.875. The molecule has 18 heavy (non-hydrogen) atoms. The summed E-state index contributed by atoms with van der Waals surface area (Å²) in [5.41, 5.74) is 8.74. The van der Waals surface area contributed by atoms with Gasteiger partial charge in [-0.25, -0.2) is 4.98 Å². The highest BCUT2D eigenvalue weighted by atomic mass is 16.3. The molecule has 1 aromatic heterocycles. The van der Waals surface area contributed by atoms with Gasteiger partial charge < -0.3 is 15.3 Å². The Kier molecular flexibility index (Phi) is 3.41. The molecule has 0 radical (unpaired) electrons. The van der Waals surface area contributed by atoms with Crippen LogP contribution in [0.3, 0.4) is 0 Å². The molecule has 2 rings (SSSR count). The lowest BCUT2D eigenvalue weighted by Crippen LogP contribution is -2.12. The number of aliphatic hydroxyl groups is 1. The third-order valence-corrected chi connectivity index (χ3v) is 3.03. The van der Waals surface area contributed by atoms with Gasteiger partial charge in [0.2, 0.25) is 5.89 Å². The first-order valence-electron chi connectivity index (χ1n) is 6.19. The average Bonchev–Trinajstić information content (AvgIpc) is 2.70. The summed E-state index contributed by atoms with van der Waals surface area (Å²) in [5, 5.41) is 8.87. The van der Waals surface area contributed by atoms with Crippen LogP contribution in [0.5, 0.6) is 0 Å². The van der Waals surface area contributed by atoms with Crippen molar-refractivity contribution in [1.82, 2.24) is 4.98 Å². The van der Waals surface area contributed by atoms with Crippen LogP contribution in [0, 0.1) is 0 Å². The predicted octanol–water partition coefficient (Wildman–Crippen LogP) is 2.51. The van der Waals surface area contributed by atoms with E-state index in [1.54, 1.807) is 0 Å². The minimum Gasteiger partial charge on any atom is -0.439 e. The molecule has 1 heterocycles. The smallest absolute Gasteiger partial charge is 0.212 e. The number of oxazole rings is 1. The fourth-order valence-corrected chi connectivity index (χ4v) is 1.83. The van der Waals surface area contributed by atoms with Crippen LogP contribution in [0.1, 0.15) is 44.7 Å². The van der Waals surface area contributed by atoms with Gasteiger partial charge in [0.05, 0.1) is 6.04 Å². The van der Waals surface area contributed by atoms with Crippen LogP contribution in [0.15, 0.2) is 22.6 Å². The third kappa shape index (κ3) is 2.54. The molecular formula is C14H20N2O2. The molecule has 1 atom stereocenters. The molecule has 0 aliphatic rings. The van der Waals surface area contributed by atoms with E-state index in [1.165, 1.54) is 5.56 Å². The van der Waals surface area contributed by atoms with E-state index in [-0.39, 0.29) is 18.1 Å². The van der Waals surface area contributed by atoms with Crippen molar-refractivity contribution in [1.29, 1.82) is 0 Å². The van der Waals surface area contributed by atoms with Crippen LogP contribution < -0.4 is 5.73 Å². The van der Waals surface area contributed by atoms with Gasteiger partial charge in [-0.2, -0.15) is 0 Å². The van der Waals surface area contributed by atoms with Gasteiger partial charge in [0.15, 0.2) is 5.58 Å². The Bertz CT molecular complexity index is 540. The molecule has 0 amide bonds. The summed E-state index contributed by atoms with van der Waals surface area (Å²) in [6.07, 6.45) is 0.457. The molecule has 4 heteroatoms. The first-order valence-corrected chi connectivity index (χ1v) is 6.19. The predicted molar refractivity (Wildman–Crippen MR) is 71.3 cm³/mol. The first kappa shape index (κ1) is 13.1. The molecule has 0 fully saturated rings. The number of aliphatic hydroxyl groups excluding tert-OH is 1. The van der Waals surface area contributed by atoms with E-state index in [9.17, 15) is 0 Å². The topological polar surface area (TPSA) is 72.3 Å². The van der Waals surface area contributed by atoms with E-state index < -0.39 is 0 Å². The molecule has 0 aliphatic heterocycles. The molecule has 4 nitrogen and oxygen atoms in total. The molecular weight excluding hydrogens is 228 g/mol. The zero-order valence-electron chi connectivity index (χ0n) is 11.1. The number of fused-ring (bicyclic) bond motifs is 1. The van der Waals surface area contributed by atoms with Crippen molar-refractivity contribution in [2.75, 3.05) is 6.61 Å². The number of rotatable bonds is 3. The normalized spacial score (nSPS) is 14.1. The number of hydrogen-bond donors (Lipinski definition) is 2. The number of nitrogens with zero attached hydrogens (tertiary/aromatic N) is 1.